The predicted octanol–water partition coefficient (Wildman–Crippen LogP) is 10.7. The van der Waals surface area contributed by atoms with E-state index in [1.807, 2.05) is 0 Å². The van der Waals surface area contributed by atoms with Gasteiger partial charge >= 0.3 is 392 Å². The fourth-order valence-corrected chi connectivity index (χ4v) is 28.5. The van der Waals surface area contributed by atoms with E-state index >= 15 is 0 Å². The average molecular weight is 966 g/mol. The molecule has 66 heavy (non-hydrogen) atoms. The molecule has 6 nitrogen and oxygen atoms in total. The van der Waals surface area contributed by atoms with E-state index in [2.05, 4.69) is 226 Å². The van der Waals surface area contributed by atoms with Crippen LogP contribution in [0.4, 0.5) is 68.2 Å². The van der Waals surface area contributed by atoms with Crippen molar-refractivity contribution in [2.45, 2.75) is 0 Å². The second-order valence-corrected chi connectivity index (χ2v) is 28.8. The Balaban J connectivity index is 1.14. The van der Waals surface area contributed by atoms with Gasteiger partial charge in [0.05, 0.1) is 0 Å². The first-order chi connectivity index (χ1) is 32.8. The Morgan fingerprint density at radius 3 is 0.864 bits per heavy atom. The van der Waals surface area contributed by atoms with E-state index in [1.54, 1.807) is 0 Å². The topological polar surface area (TPSA) is 31.4 Å². The van der Waals surface area contributed by atoms with Gasteiger partial charge in [-0.15, -0.1) is 0 Å². The normalized spacial score (nSPS) is 16.6. The van der Waals surface area contributed by atoms with Crippen LogP contribution in [0.3, 0.4) is 0 Å². The van der Waals surface area contributed by atoms with Crippen LogP contribution in [0, 0.1) is 0 Å². The Bertz CT molecular complexity index is 3480. The number of nitrogens with zero attached hydrogens (tertiary/aromatic N) is 4. The number of rotatable bonds is 4. The first-order valence-electron chi connectivity index (χ1n) is 22.8. The van der Waals surface area contributed by atoms with Crippen LogP contribution in [0.5, 0.6) is 23.0 Å². The second-order valence-electron chi connectivity index (χ2n) is 17.9. The van der Waals surface area contributed by atoms with E-state index in [1.165, 1.54) is 82.6 Å². The summed E-state index contributed by atoms with van der Waals surface area (Å²) in [5.74, 6) is 3.97. The standard InChI is InChI=1S/C58H36Ge2N4O2/c1-5-17-35(18-6-1)61-41-25-13-29-47-51(41)59-53-43(27-15-31-49(53)65-47)63(37-21-9-3-10-22-37)57-40-34-46-56-58(39(40)33-45(61)55(57)59)64(38-23-11-4-12-24-38)44-28-16-32-50-54(44)60(56)52-42(26-14-30-48(52)66-50)62(46)36-19-7-2-8-20-36/h1-34,59-60H. The van der Waals surface area contributed by atoms with Gasteiger partial charge in [0.15, 0.2) is 0 Å². The third-order valence-electron chi connectivity index (χ3n) is 14.7. The van der Waals surface area contributed by atoms with Crippen molar-refractivity contribution in [1.82, 2.24) is 0 Å². The van der Waals surface area contributed by atoms with Crippen molar-refractivity contribution in [3.05, 3.63) is 206 Å². The second kappa shape index (κ2) is 13.0. The molecule has 6 aliphatic rings. The van der Waals surface area contributed by atoms with E-state index in [0.717, 1.165) is 45.7 Å². The zero-order valence-corrected chi connectivity index (χ0v) is 40.2. The van der Waals surface area contributed by atoms with Gasteiger partial charge in [-0.25, -0.2) is 0 Å². The fraction of sp³-hybridized carbons (Fsp3) is 0. The zero-order valence-electron chi connectivity index (χ0n) is 35.4. The molecular formula is C58H36Ge2N4O2. The average Bonchev–Trinajstić information content (AvgIpc) is 3.37. The summed E-state index contributed by atoms with van der Waals surface area (Å²) in [6.45, 7) is 0. The number of ether oxygens (including phenoxy) is 2. The molecule has 2 unspecified atom stereocenters. The first-order valence-corrected chi connectivity index (χ1v) is 30.0. The molecule has 6 heterocycles. The summed E-state index contributed by atoms with van der Waals surface area (Å²) in [6, 6.07) is 76.2. The van der Waals surface area contributed by atoms with Gasteiger partial charge in [-0.2, -0.15) is 0 Å². The van der Waals surface area contributed by atoms with Crippen molar-refractivity contribution >= 4 is 134 Å². The molecule has 6 aliphatic heterocycles. The van der Waals surface area contributed by atoms with Gasteiger partial charge in [-0.3, -0.25) is 0 Å². The van der Waals surface area contributed by atoms with Gasteiger partial charge < -0.3 is 0 Å². The monoisotopic (exact) mass is 968 g/mol. The molecule has 8 heteroatoms. The van der Waals surface area contributed by atoms with E-state index in [0.29, 0.717) is 0 Å². The molecular weight excluding hydrogens is 930 g/mol. The van der Waals surface area contributed by atoms with E-state index in [4.69, 9.17) is 9.47 Å². The summed E-state index contributed by atoms with van der Waals surface area (Å²) in [7, 11) is 0. The van der Waals surface area contributed by atoms with Crippen LogP contribution in [0.1, 0.15) is 0 Å². The van der Waals surface area contributed by atoms with Gasteiger partial charge in [-0.05, 0) is 0 Å². The molecule has 0 radical (unpaired) electrons. The molecule has 2 atom stereocenters. The van der Waals surface area contributed by atoms with E-state index in [-0.39, 0.29) is 0 Å². The fourth-order valence-electron chi connectivity index (χ4n) is 12.4. The maximum absolute atomic E-state index is 7.02. The molecule has 0 N–H and O–H groups in total. The third-order valence-corrected chi connectivity index (χ3v) is 29.2. The van der Waals surface area contributed by atoms with E-state index < -0.39 is 28.7 Å². The Hall–Kier alpha value is -7.65. The number of hydrogen-bond donors (Lipinski definition) is 0. The van der Waals surface area contributed by atoms with Gasteiger partial charge in [0.1, 0.15) is 0 Å². The number of anilines is 12. The Labute approximate surface area is 390 Å². The molecule has 0 saturated heterocycles. The van der Waals surface area contributed by atoms with Crippen LogP contribution in [0.25, 0.3) is 10.8 Å². The first kappa shape index (κ1) is 35.7. The van der Waals surface area contributed by atoms with Crippen LogP contribution >= 0.6 is 0 Å². The zero-order chi connectivity index (χ0) is 42.8. The number of para-hydroxylation sites is 4. The molecule has 0 spiro atoms. The van der Waals surface area contributed by atoms with E-state index in [9.17, 15) is 0 Å². The van der Waals surface area contributed by atoms with Gasteiger partial charge in [0, 0.05) is 0 Å². The van der Waals surface area contributed by atoms with Crippen molar-refractivity contribution in [1.29, 1.82) is 0 Å². The van der Waals surface area contributed by atoms with Crippen molar-refractivity contribution < 1.29 is 9.47 Å². The third kappa shape index (κ3) is 4.48. The quantitative estimate of drug-likeness (QED) is 0.163. The molecule has 0 fully saturated rings. The summed E-state index contributed by atoms with van der Waals surface area (Å²) in [5.41, 5.74) is 14.6. The van der Waals surface area contributed by atoms with Gasteiger partial charge in [-0.1, -0.05) is 0 Å². The number of hydrogen-bond acceptors (Lipinski definition) is 6. The molecule has 0 bridgehead atoms. The van der Waals surface area contributed by atoms with Crippen LogP contribution < -0.4 is 55.4 Å². The van der Waals surface area contributed by atoms with Crippen LogP contribution in [0.15, 0.2) is 206 Å². The van der Waals surface area contributed by atoms with Crippen LogP contribution in [0.2, 0.25) is 0 Å². The van der Waals surface area contributed by atoms with Crippen molar-refractivity contribution in [3.63, 3.8) is 0 Å². The predicted molar refractivity (Wildman–Crippen MR) is 275 cm³/mol. The summed E-state index contributed by atoms with van der Waals surface area (Å²) in [6.07, 6.45) is 0. The SMILES string of the molecule is c1ccc(N2c3cccc4[c]3[GeH]3[c]5c(cccc5N(c5ccccc5)c5[c]3c2cc2c3[c]6c(cc52)N(c2ccccc2)c2cccc5[c]2[GeH]6[c]2c(cccc2N3c2ccccc2)O5)O4)cc1. The minimum absolute atomic E-state index is 0.992. The Morgan fingerprint density at radius 2 is 0.545 bits per heavy atom. The van der Waals surface area contributed by atoms with Gasteiger partial charge in [0.25, 0.3) is 0 Å². The summed E-state index contributed by atoms with van der Waals surface area (Å²) < 4.78 is 22.6. The number of fused-ring (bicyclic) bond motifs is 3. The molecule has 0 aromatic heterocycles. The molecule has 0 aliphatic carbocycles. The minimum atomic E-state index is -2.96. The number of benzene rings is 10. The van der Waals surface area contributed by atoms with Crippen LogP contribution in [-0.4, -0.2) is 28.7 Å². The summed E-state index contributed by atoms with van der Waals surface area (Å²) in [4.78, 5) is 10.3. The molecule has 10 aromatic rings. The molecule has 0 saturated carbocycles. The van der Waals surface area contributed by atoms with Gasteiger partial charge in [0.2, 0.25) is 0 Å². The molecule has 0 amide bonds. The van der Waals surface area contributed by atoms with Crippen molar-refractivity contribution in [2.24, 2.45) is 0 Å². The molecule has 16 rings (SSSR count). The maximum atomic E-state index is 7.02. The van der Waals surface area contributed by atoms with Crippen molar-refractivity contribution in [2.75, 3.05) is 19.6 Å². The summed E-state index contributed by atoms with van der Waals surface area (Å²) >= 11 is -5.91. The van der Waals surface area contributed by atoms with Crippen LogP contribution in [-0.2, 0) is 0 Å². The summed E-state index contributed by atoms with van der Waals surface area (Å²) in [5, 5.41) is 2.51. The molecule has 308 valence electrons. The Morgan fingerprint density at radius 1 is 0.258 bits per heavy atom. The van der Waals surface area contributed by atoms with Crippen molar-refractivity contribution in [3.8, 4) is 23.0 Å². The molecule has 10 aromatic carbocycles. The Kier molecular flexibility index (Phi) is 7.02.